The molecule has 16 heavy (non-hydrogen) atoms. The summed E-state index contributed by atoms with van der Waals surface area (Å²) in [5.74, 6) is -0.345. The largest absolute Gasteiger partial charge is 0.363 e. The van der Waals surface area contributed by atoms with E-state index in [9.17, 15) is 4.39 Å². The number of hydrogen-bond acceptors (Lipinski definition) is 1. The van der Waals surface area contributed by atoms with Gasteiger partial charge in [0, 0.05) is 27.9 Å². The van der Waals surface area contributed by atoms with E-state index in [2.05, 4.69) is 5.32 Å². The third-order valence-corrected chi connectivity index (χ3v) is 2.92. The van der Waals surface area contributed by atoms with Gasteiger partial charge in [-0.3, -0.25) is 0 Å². The van der Waals surface area contributed by atoms with Crippen molar-refractivity contribution in [2.45, 2.75) is 19.8 Å². The summed E-state index contributed by atoms with van der Waals surface area (Å²) in [4.78, 5) is 0. The van der Waals surface area contributed by atoms with Crippen LogP contribution in [0.25, 0.3) is 0 Å². The van der Waals surface area contributed by atoms with Gasteiger partial charge in [-0.05, 0) is 26.0 Å². The number of nitrogens with one attached hydrogen (secondary N) is 1. The van der Waals surface area contributed by atoms with Gasteiger partial charge in [-0.15, -0.1) is 0 Å². The summed E-state index contributed by atoms with van der Waals surface area (Å²) in [7, 11) is 0. The average Bonchev–Trinajstić information content (AvgIpc) is 2.15. The van der Waals surface area contributed by atoms with Crippen molar-refractivity contribution in [3.63, 3.8) is 0 Å². The van der Waals surface area contributed by atoms with E-state index in [0.29, 0.717) is 10.6 Å². The van der Waals surface area contributed by atoms with Gasteiger partial charge in [0.25, 0.3) is 0 Å². The van der Waals surface area contributed by atoms with Crippen LogP contribution in [-0.4, -0.2) is 0 Å². The fourth-order valence-electron chi connectivity index (χ4n) is 1.98. The van der Waals surface area contributed by atoms with Crippen LogP contribution in [0.15, 0.2) is 41.7 Å². The van der Waals surface area contributed by atoms with E-state index < -0.39 is 0 Å². The van der Waals surface area contributed by atoms with E-state index in [0.717, 1.165) is 11.4 Å². The van der Waals surface area contributed by atoms with Crippen LogP contribution in [-0.2, 0) is 0 Å². The Hall–Kier alpha value is -1.28. The minimum Gasteiger partial charge on any atom is -0.363 e. The minimum absolute atomic E-state index is 0.0880. The van der Waals surface area contributed by atoms with E-state index in [1.165, 1.54) is 6.07 Å². The zero-order valence-corrected chi connectivity index (χ0v) is 9.98. The molecule has 1 N–H and O–H groups in total. The van der Waals surface area contributed by atoms with Gasteiger partial charge in [0.2, 0.25) is 0 Å². The van der Waals surface area contributed by atoms with E-state index in [4.69, 9.17) is 11.6 Å². The van der Waals surface area contributed by atoms with Crippen molar-refractivity contribution >= 4 is 11.6 Å². The average molecular weight is 238 g/mol. The Kier molecular flexibility index (Phi) is 3.01. The second kappa shape index (κ2) is 4.30. The highest BCUT2D eigenvalue weighted by atomic mass is 35.5. The molecule has 0 saturated carbocycles. The summed E-state index contributed by atoms with van der Waals surface area (Å²) in [6.45, 7) is 3.91. The van der Waals surface area contributed by atoms with Gasteiger partial charge in [-0.1, -0.05) is 29.8 Å². The van der Waals surface area contributed by atoms with Crippen molar-refractivity contribution < 1.29 is 4.39 Å². The summed E-state index contributed by atoms with van der Waals surface area (Å²) < 4.78 is 13.7. The molecule has 0 amide bonds. The maximum Gasteiger partial charge on any atom is 0.128 e. The van der Waals surface area contributed by atoms with E-state index in [1.807, 2.05) is 26.0 Å². The van der Waals surface area contributed by atoms with Crippen molar-refractivity contribution in [1.29, 1.82) is 0 Å². The lowest BCUT2D eigenvalue weighted by molar-refractivity contribution is 0.608. The molecule has 3 heteroatoms. The van der Waals surface area contributed by atoms with Gasteiger partial charge >= 0.3 is 0 Å². The number of hydrogen-bond donors (Lipinski definition) is 1. The molecule has 2 rings (SSSR count). The second-order valence-corrected chi connectivity index (χ2v) is 4.39. The molecule has 0 fully saturated rings. The van der Waals surface area contributed by atoms with Gasteiger partial charge in [-0.25, -0.2) is 4.39 Å². The third-order valence-electron chi connectivity index (χ3n) is 2.59. The predicted molar refractivity (Wildman–Crippen MR) is 64.8 cm³/mol. The van der Waals surface area contributed by atoms with Crippen LogP contribution >= 0.6 is 11.6 Å². The van der Waals surface area contributed by atoms with E-state index in [1.54, 1.807) is 12.1 Å². The molecular formula is C13H13ClFN. The van der Waals surface area contributed by atoms with Gasteiger partial charge in [0.1, 0.15) is 5.82 Å². The lowest BCUT2D eigenvalue weighted by Crippen LogP contribution is -2.15. The van der Waals surface area contributed by atoms with Gasteiger partial charge in [0.15, 0.2) is 0 Å². The monoisotopic (exact) mass is 237 g/mol. The zero-order chi connectivity index (χ0) is 11.7. The van der Waals surface area contributed by atoms with Crippen LogP contribution in [0.4, 0.5) is 4.39 Å². The molecule has 1 aromatic carbocycles. The number of dihydropyridines is 1. The molecule has 1 nitrogen and oxygen atoms in total. The molecule has 0 bridgehead atoms. The second-order valence-electron chi connectivity index (χ2n) is 3.99. The topological polar surface area (TPSA) is 12.0 Å². The summed E-state index contributed by atoms with van der Waals surface area (Å²) in [5, 5.41) is 3.65. The van der Waals surface area contributed by atoms with Crippen molar-refractivity contribution in [2.75, 3.05) is 0 Å². The van der Waals surface area contributed by atoms with Crippen molar-refractivity contribution in [2.24, 2.45) is 0 Å². The lowest BCUT2D eigenvalue weighted by atomic mass is 9.94. The first-order valence-electron chi connectivity index (χ1n) is 5.15. The molecule has 0 unspecified atom stereocenters. The molecule has 0 aliphatic carbocycles. The molecule has 1 aliphatic heterocycles. The summed E-state index contributed by atoms with van der Waals surface area (Å²) in [6, 6.07) is 4.78. The first-order chi connectivity index (χ1) is 7.58. The highest BCUT2D eigenvalue weighted by molar-refractivity contribution is 6.31. The van der Waals surface area contributed by atoms with Crippen LogP contribution in [0, 0.1) is 5.82 Å². The van der Waals surface area contributed by atoms with Crippen LogP contribution in [0.1, 0.15) is 25.3 Å². The fourth-order valence-corrected chi connectivity index (χ4v) is 2.27. The standard InChI is InChI=1S/C13H13ClFN/c1-8-6-10(7-9(2)16-8)13-11(14)4-3-5-12(13)15/h3-7,10,16H,1-2H3. The van der Waals surface area contributed by atoms with Gasteiger partial charge in [-0.2, -0.15) is 0 Å². The number of halogens is 2. The summed E-state index contributed by atoms with van der Waals surface area (Å²) in [5.41, 5.74) is 2.58. The molecule has 1 aliphatic rings. The van der Waals surface area contributed by atoms with Crippen LogP contribution in [0.3, 0.4) is 0 Å². The quantitative estimate of drug-likeness (QED) is 0.779. The molecule has 0 spiro atoms. The number of rotatable bonds is 1. The molecule has 0 aromatic heterocycles. The van der Waals surface area contributed by atoms with Gasteiger partial charge < -0.3 is 5.32 Å². The maximum absolute atomic E-state index is 13.7. The molecule has 1 aromatic rings. The Morgan fingerprint density at radius 3 is 2.38 bits per heavy atom. The summed E-state index contributed by atoms with van der Waals surface area (Å²) >= 11 is 6.04. The first-order valence-corrected chi connectivity index (χ1v) is 5.53. The Labute approximate surface area is 99.6 Å². The van der Waals surface area contributed by atoms with Crippen molar-refractivity contribution in [3.05, 3.63) is 58.1 Å². The molecule has 0 atom stereocenters. The van der Waals surface area contributed by atoms with Crippen molar-refractivity contribution in [1.82, 2.24) is 5.32 Å². The Morgan fingerprint density at radius 2 is 1.81 bits per heavy atom. The van der Waals surface area contributed by atoms with E-state index >= 15 is 0 Å². The maximum atomic E-state index is 13.7. The van der Waals surface area contributed by atoms with Crippen LogP contribution in [0.2, 0.25) is 5.02 Å². The molecular weight excluding hydrogens is 225 g/mol. The van der Waals surface area contributed by atoms with Crippen LogP contribution in [0.5, 0.6) is 0 Å². The molecule has 1 heterocycles. The van der Waals surface area contributed by atoms with Gasteiger partial charge in [0.05, 0.1) is 0 Å². The third kappa shape index (κ3) is 2.12. The fraction of sp³-hybridized carbons (Fsp3) is 0.231. The predicted octanol–water partition coefficient (Wildman–Crippen LogP) is 3.97. The Morgan fingerprint density at radius 1 is 1.19 bits per heavy atom. The molecule has 0 saturated heterocycles. The van der Waals surface area contributed by atoms with Crippen LogP contribution < -0.4 is 5.32 Å². The highest BCUT2D eigenvalue weighted by Crippen LogP contribution is 2.32. The number of allylic oxidation sites excluding steroid dienone is 4. The zero-order valence-electron chi connectivity index (χ0n) is 9.22. The lowest BCUT2D eigenvalue weighted by Gasteiger charge is -2.20. The minimum atomic E-state index is -0.257. The molecule has 84 valence electrons. The number of benzene rings is 1. The van der Waals surface area contributed by atoms with Crippen molar-refractivity contribution in [3.8, 4) is 0 Å². The smallest absolute Gasteiger partial charge is 0.128 e. The SMILES string of the molecule is CC1=CC(c2c(F)cccc2Cl)C=C(C)N1. The Balaban J connectivity index is 2.48. The molecule has 0 radical (unpaired) electrons. The normalized spacial score (nSPS) is 16.5. The Bertz CT molecular complexity index is 439. The first kappa shape index (κ1) is 11.2. The summed E-state index contributed by atoms with van der Waals surface area (Å²) in [6.07, 6.45) is 3.94. The highest BCUT2D eigenvalue weighted by Gasteiger charge is 2.18. The van der Waals surface area contributed by atoms with E-state index in [-0.39, 0.29) is 11.7 Å².